The van der Waals surface area contributed by atoms with Crippen LogP contribution in [0.15, 0.2) is 30.7 Å². The van der Waals surface area contributed by atoms with Crippen LogP contribution in [0.1, 0.15) is 6.92 Å². The topological polar surface area (TPSA) is 81.7 Å². The second kappa shape index (κ2) is 4.61. The van der Waals surface area contributed by atoms with E-state index in [0.717, 1.165) is 12.4 Å². The Hall–Kier alpha value is -2.11. The third-order valence-corrected chi connectivity index (χ3v) is 2.09. The van der Waals surface area contributed by atoms with Gasteiger partial charge in [-0.15, -0.1) is 0 Å². The molecule has 0 aliphatic rings. The molecule has 0 bridgehead atoms. The molecule has 0 radical (unpaired) electrons. The van der Waals surface area contributed by atoms with E-state index >= 15 is 0 Å². The predicted octanol–water partition coefficient (Wildman–Crippen LogP) is 0.756. The van der Waals surface area contributed by atoms with Crippen molar-refractivity contribution in [2.45, 2.75) is 19.5 Å². The van der Waals surface area contributed by atoms with Gasteiger partial charge < -0.3 is 11.1 Å². The lowest BCUT2D eigenvalue weighted by atomic mass is 10.3. The van der Waals surface area contributed by atoms with Crippen LogP contribution in [0, 0.1) is 0 Å². The van der Waals surface area contributed by atoms with E-state index in [1.165, 1.54) is 0 Å². The molecule has 6 nitrogen and oxygen atoms in total. The summed E-state index contributed by atoms with van der Waals surface area (Å²) in [6.07, 6.45) is 5.31. The number of anilines is 2. The molecule has 0 saturated carbocycles. The highest BCUT2D eigenvalue weighted by Gasteiger charge is 2.04. The number of hydrogen-bond acceptors (Lipinski definition) is 5. The molecule has 2 aromatic rings. The summed E-state index contributed by atoms with van der Waals surface area (Å²) in [6.45, 7) is 2.83. The molecule has 6 heteroatoms. The van der Waals surface area contributed by atoms with E-state index < -0.39 is 0 Å². The maximum absolute atomic E-state index is 5.49. The number of nitrogen functional groups attached to an aromatic ring is 1. The minimum atomic E-state index is 0.217. The zero-order valence-electron chi connectivity index (χ0n) is 9.04. The van der Waals surface area contributed by atoms with E-state index in [1.807, 2.05) is 16.9 Å². The molecule has 16 heavy (non-hydrogen) atoms. The third kappa shape index (κ3) is 2.69. The maximum Gasteiger partial charge on any atom is 0.221 e. The van der Waals surface area contributed by atoms with Gasteiger partial charge in [0.05, 0.1) is 6.54 Å². The van der Waals surface area contributed by atoms with Gasteiger partial charge >= 0.3 is 0 Å². The first kappa shape index (κ1) is 10.4. The molecule has 3 N–H and O–H groups in total. The monoisotopic (exact) mass is 218 g/mol. The Kier molecular flexibility index (Phi) is 3.00. The van der Waals surface area contributed by atoms with Gasteiger partial charge in [0.2, 0.25) is 5.95 Å². The smallest absolute Gasteiger partial charge is 0.221 e. The molecule has 84 valence electrons. The van der Waals surface area contributed by atoms with Crippen molar-refractivity contribution in [2.75, 3.05) is 11.1 Å². The SMILES string of the molecule is CC(Cn1cccn1)Nc1ccnc(N)n1. The van der Waals surface area contributed by atoms with Crippen LogP contribution in [-0.2, 0) is 6.54 Å². The first-order valence-corrected chi connectivity index (χ1v) is 5.06. The van der Waals surface area contributed by atoms with Crippen molar-refractivity contribution < 1.29 is 0 Å². The van der Waals surface area contributed by atoms with Crippen molar-refractivity contribution in [1.82, 2.24) is 19.7 Å². The van der Waals surface area contributed by atoms with Gasteiger partial charge in [-0.2, -0.15) is 10.1 Å². The van der Waals surface area contributed by atoms with Gasteiger partial charge in [0, 0.05) is 24.6 Å². The molecule has 0 aliphatic heterocycles. The standard InChI is InChI=1S/C10H14N6/c1-8(7-16-6-2-4-13-16)14-9-3-5-12-10(11)15-9/h2-6,8H,7H2,1H3,(H3,11,12,14,15). The Bertz CT molecular complexity index is 438. The second-order valence-corrected chi connectivity index (χ2v) is 3.57. The molecule has 0 aromatic carbocycles. The van der Waals surface area contributed by atoms with Crippen molar-refractivity contribution in [3.8, 4) is 0 Å². The van der Waals surface area contributed by atoms with Crippen molar-refractivity contribution in [2.24, 2.45) is 0 Å². The van der Waals surface area contributed by atoms with Crippen molar-refractivity contribution >= 4 is 11.8 Å². The number of nitrogens with one attached hydrogen (secondary N) is 1. The number of aromatic nitrogens is 4. The molecular formula is C10H14N6. The molecular weight excluding hydrogens is 204 g/mol. The van der Waals surface area contributed by atoms with E-state index in [0.29, 0.717) is 0 Å². The number of hydrogen-bond donors (Lipinski definition) is 2. The van der Waals surface area contributed by atoms with Gasteiger partial charge in [-0.05, 0) is 19.1 Å². The van der Waals surface area contributed by atoms with E-state index in [9.17, 15) is 0 Å². The Labute approximate surface area is 93.5 Å². The summed E-state index contributed by atoms with van der Waals surface area (Å²) in [6, 6.07) is 3.90. The summed E-state index contributed by atoms with van der Waals surface area (Å²) in [4.78, 5) is 7.90. The Balaban J connectivity index is 1.94. The molecule has 2 rings (SSSR count). The fourth-order valence-corrected chi connectivity index (χ4v) is 1.44. The second-order valence-electron chi connectivity index (χ2n) is 3.57. The van der Waals surface area contributed by atoms with E-state index in [4.69, 9.17) is 5.73 Å². The van der Waals surface area contributed by atoms with E-state index in [-0.39, 0.29) is 12.0 Å². The average Bonchev–Trinajstić information content (AvgIpc) is 2.70. The summed E-state index contributed by atoms with van der Waals surface area (Å²) in [5.41, 5.74) is 5.49. The molecule has 2 aromatic heterocycles. The van der Waals surface area contributed by atoms with Gasteiger partial charge in [0.1, 0.15) is 5.82 Å². The highest BCUT2D eigenvalue weighted by Crippen LogP contribution is 2.05. The first-order valence-electron chi connectivity index (χ1n) is 5.06. The van der Waals surface area contributed by atoms with Gasteiger partial charge in [-0.25, -0.2) is 4.98 Å². The zero-order chi connectivity index (χ0) is 11.4. The quantitative estimate of drug-likeness (QED) is 0.791. The average molecular weight is 218 g/mol. The highest BCUT2D eigenvalue weighted by atomic mass is 15.3. The van der Waals surface area contributed by atoms with Gasteiger partial charge in [-0.3, -0.25) is 4.68 Å². The van der Waals surface area contributed by atoms with Crippen LogP contribution in [0.3, 0.4) is 0 Å². The predicted molar refractivity (Wildman–Crippen MR) is 61.8 cm³/mol. The summed E-state index contributed by atoms with van der Waals surface area (Å²) in [5, 5.41) is 7.36. The lowest BCUT2D eigenvalue weighted by molar-refractivity contribution is 0.559. The number of nitrogens with two attached hydrogens (primary N) is 1. The minimum absolute atomic E-state index is 0.217. The maximum atomic E-state index is 5.49. The van der Waals surface area contributed by atoms with Crippen LogP contribution in [0.4, 0.5) is 11.8 Å². The fourth-order valence-electron chi connectivity index (χ4n) is 1.44. The molecule has 1 unspecified atom stereocenters. The van der Waals surface area contributed by atoms with Crippen LogP contribution in [0.2, 0.25) is 0 Å². The summed E-state index contributed by atoms with van der Waals surface area (Å²) >= 11 is 0. The molecule has 1 atom stereocenters. The number of rotatable bonds is 4. The van der Waals surface area contributed by atoms with Crippen molar-refractivity contribution in [1.29, 1.82) is 0 Å². The molecule has 0 spiro atoms. The Morgan fingerprint density at radius 3 is 3.06 bits per heavy atom. The van der Waals surface area contributed by atoms with E-state index in [2.05, 4.69) is 27.3 Å². The van der Waals surface area contributed by atoms with Gasteiger partial charge in [0.25, 0.3) is 0 Å². The first-order chi connectivity index (χ1) is 7.74. The molecule has 0 fully saturated rings. The van der Waals surface area contributed by atoms with Crippen LogP contribution in [-0.4, -0.2) is 25.8 Å². The molecule has 0 aliphatic carbocycles. The summed E-state index contributed by atoms with van der Waals surface area (Å²) in [7, 11) is 0. The van der Waals surface area contributed by atoms with Crippen molar-refractivity contribution in [3.05, 3.63) is 30.7 Å². The number of nitrogens with zero attached hydrogens (tertiary/aromatic N) is 4. The molecule has 2 heterocycles. The summed E-state index contributed by atoms with van der Waals surface area (Å²) in [5.74, 6) is 1.00. The van der Waals surface area contributed by atoms with Crippen LogP contribution in [0.25, 0.3) is 0 Å². The van der Waals surface area contributed by atoms with Crippen LogP contribution in [0.5, 0.6) is 0 Å². The van der Waals surface area contributed by atoms with E-state index in [1.54, 1.807) is 18.5 Å². The molecule has 0 saturated heterocycles. The lowest BCUT2D eigenvalue weighted by Gasteiger charge is -2.14. The largest absolute Gasteiger partial charge is 0.368 e. The lowest BCUT2D eigenvalue weighted by Crippen LogP contribution is -2.23. The Morgan fingerprint density at radius 2 is 2.38 bits per heavy atom. The van der Waals surface area contributed by atoms with Crippen molar-refractivity contribution in [3.63, 3.8) is 0 Å². The van der Waals surface area contributed by atoms with Gasteiger partial charge in [0.15, 0.2) is 0 Å². The fraction of sp³-hybridized carbons (Fsp3) is 0.300. The zero-order valence-corrected chi connectivity index (χ0v) is 9.04. The normalized spacial score (nSPS) is 12.3. The highest BCUT2D eigenvalue weighted by molar-refractivity contribution is 5.37. The summed E-state index contributed by atoms with van der Waals surface area (Å²) < 4.78 is 1.86. The van der Waals surface area contributed by atoms with Crippen LogP contribution >= 0.6 is 0 Å². The third-order valence-electron chi connectivity index (χ3n) is 2.09. The molecule has 0 amide bonds. The van der Waals surface area contributed by atoms with Gasteiger partial charge in [-0.1, -0.05) is 0 Å². The van der Waals surface area contributed by atoms with Crippen LogP contribution < -0.4 is 11.1 Å². The minimum Gasteiger partial charge on any atom is -0.368 e. The Morgan fingerprint density at radius 1 is 1.50 bits per heavy atom.